The van der Waals surface area contributed by atoms with Gasteiger partial charge in [-0.2, -0.15) is 5.10 Å². The maximum atomic E-state index is 14.4. The standard InChI is InChI=1S/C19H18FN7O2/c1-26-16(9-28)13(8-24-26)14-7-22-19(27-10-23-25-18(14)27)21-6-12-11-4-5-29-17(11)3-2-15(12)20/h2-3,7-8,10,28H,4-6,9H2,1H3,(H,21,22). The zero-order valence-electron chi connectivity index (χ0n) is 15.6. The molecule has 0 aliphatic carbocycles. The molecular formula is C19H18FN7O2. The highest BCUT2D eigenvalue weighted by Crippen LogP contribution is 2.31. The van der Waals surface area contributed by atoms with E-state index in [1.165, 1.54) is 12.4 Å². The van der Waals surface area contributed by atoms with Gasteiger partial charge >= 0.3 is 0 Å². The van der Waals surface area contributed by atoms with Gasteiger partial charge in [-0.1, -0.05) is 0 Å². The van der Waals surface area contributed by atoms with Gasteiger partial charge in [-0.15, -0.1) is 10.2 Å². The van der Waals surface area contributed by atoms with Crippen LogP contribution in [0.5, 0.6) is 5.75 Å². The van der Waals surface area contributed by atoms with Crippen LogP contribution in [-0.4, -0.2) is 41.1 Å². The Bertz CT molecular complexity index is 1220. The van der Waals surface area contributed by atoms with Crippen LogP contribution in [0, 0.1) is 5.82 Å². The average Bonchev–Trinajstić information content (AvgIpc) is 3.46. The summed E-state index contributed by atoms with van der Waals surface area (Å²) < 4.78 is 23.2. The van der Waals surface area contributed by atoms with E-state index in [-0.39, 0.29) is 19.0 Å². The second-order valence-corrected chi connectivity index (χ2v) is 6.76. The minimum atomic E-state index is -0.277. The predicted molar refractivity (Wildman–Crippen MR) is 102 cm³/mol. The lowest BCUT2D eigenvalue weighted by atomic mass is 10.0. The average molecular weight is 395 g/mol. The van der Waals surface area contributed by atoms with Crippen molar-refractivity contribution in [1.82, 2.24) is 29.4 Å². The smallest absolute Gasteiger partial charge is 0.210 e. The van der Waals surface area contributed by atoms with E-state index < -0.39 is 0 Å². The number of hydrogen-bond donors (Lipinski definition) is 2. The van der Waals surface area contributed by atoms with Crippen LogP contribution in [0.1, 0.15) is 16.8 Å². The van der Waals surface area contributed by atoms with Gasteiger partial charge in [-0.3, -0.25) is 9.08 Å². The molecule has 0 saturated heterocycles. The molecule has 4 aromatic rings. The first-order valence-electron chi connectivity index (χ1n) is 9.15. The molecule has 2 N–H and O–H groups in total. The number of hydrogen-bond acceptors (Lipinski definition) is 7. The first-order valence-corrected chi connectivity index (χ1v) is 9.15. The number of halogens is 1. The van der Waals surface area contributed by atoms with Crippen molar-refractivity contribution in [2.45, 2.75) is 19.6 Å². The summed E-state index contributed by atoms with van der Waals surface area (Å²) in [6, 6.07) is 3.09. The van der Waals surface area contributed by atoms with E-state index in [4.69, 9.17) is 4.74 Å². The predicted octanol–water partition coefficient (Wildman–Crippen LogP) is 1.70. The number of aliphatic hydroxyl groups is 1. The SMILES string of the molecule is Cn1ncc(-c2cnc(NCc3c(F)ccc4c3CCO4)n3cnnc23)c1CO. The topological polar surface area (TPSA) is 102 Å². The van der Waals surface area contributed by atoms with E-state index in [2.05, 4.69) is 25.6 Å². The molecule has 5 rings (SSSR count). The van der Waals surface area contributed by atoms with Crippen LogP contribution >= 0.6 is 0 Å². The fraction of sp³-hybridized carbons (Fsp3) is 0.263. The van der Waals surface area contributed by atoms with E-state index in [9.17, 15) is 9.50 Å². The number of anilines is 1. The van der Waals surface area contributed by atoms with Gasteiger partial charge in [0.1, 0.15) is 17.9 Å². The number of aliphatic hydroxyl groups excluding tert-OH is 1. The third-order valence-electron chi connectivity index (χ3n) is 5.20. The molecule has 0 radical (unpaired) electrons. The highest BCUT2D eigenvalue weighted by molar-refractivity contribution is 5.78. The third kappa shape index (κ3) is 2.80. The molecule has 0 fully saturated rings. The maximum Gasteiger partial charge on any atom is 0.210 e. The summed E-state index contributed by atoms with van der Waals surface area (Å²) in [5, 5.41) is 25.2. The van der Waals surface area contributed by atoms with Crippen molar-refractivity contribution in [1.29, 1.82) is 0 Å². The Kier molecular flexibility index (Phi) is 4.13. The minimum Gasteiger partial charge on any atom is -0.493 e. The van der Waals surface area contributed by atoms with Gasteiger partial charge in [0.2, 0.25) is 5.95 Å². The zero-order chi connectivity index (χ0) is 20.0. The lowest BCUT2D eigenvalue weighted by Gasteiger charge is -2.12. The van der Waals surface area contributed by atoms with E-state index in [1.54, 1.807) is 34.6 Å². The summed E-state index contributed by atoms with van der Waals surface area (Å²) in [5.41, 5.74) is 4.10. The van der Waals surface area contributed by atoms with Crippen LogP contribution < -0.4 is 10.1 Å². The first-order chi connectivity index (χ1) is 14.2. The molecule has 0 saturated carbocycles. The molecular weight excluding hydrogens is 377 g/mol. The summed E-state index contributed by atoms with van der Waals surface area (Å²) in [4.78, 5) is 4.48. The van der Waals surface area contributed by atoms with Crippen LogP contribution in [0.2, 0.25) is 0 Å². The van der Waals surface area contributed by atoms with E-state index in [0.717, 1.165) is 16.9 Å². The van der Waals surface area contributed by atoms with Crippen molar-refractivity contribution in [3.05, 3.63) is 53.5 Å². The molecule has 29 heavy (non-hydrogen) atoms. The number of nitrogens with one attached hydrogen (secondary N) is 1. The number of rotatable bonds is 5. The number of aryl methyl sites for hydroxylation is 1. The number of nitrogens with zero attached hydrogens (tertiary/aromatic N) is 6. The molecule has 0 spiro atoms. The van der Waals surface area contributed by atoms with Gasteiger partial charge in [0, 0.05) is 48.5 Å². The number of ether oxygens (including phenoxy) is 1. The first kappa shape index (κ1) is 17.6. The summed E-state index contributed by atoms with van der Waals surface area (Å²) in [5.74, 6) is 0.939. The van der Waals surface area contributed by atoms with Crippen LogP contribution in [0.4, 0.5) is 10.3 Å². The van der Waals surface area contributed by atoms with Crippen LogP contribution in [0.25, 0.3) is 16.8 Å². The van der Waals surface area contributed by atoms with Crippen LogP contribution in [0.15, 0.2) is 30.9 Å². The molecule has 1 aromatic carbocycles. The molecule has 0 unspecified atom stereocenters. The van der Waals surface area contributed by atoms with Crippen molar-refractivity contribution in [2.75, 3.05) is 11.9 Å². The van der Waals surface area contributed by atoms with Gasteiger partial charge < -0.3 is 15.2 Å². The second kappa shape index (κ2) is 6.82. The molecule has 9 nitrogen and oxygen atoms in total. The van der Waals surface area contributed by atoms with Gasteiger partial charge in [-0.05, 0) is 12.1 Å². The van der Waals surface area contributed by atoms with E-state index in [1.807, 2.05) is 0 Å². The molecule has 10 heteroatoms. The molecule has 0 bridgehead atoms. The largest absolute Gasteiger partial charge is 0.493 e. The highest BCUT2D eigenvalue weighted by Gasteiger charge is 2.20. The van der Waals surface area contributed by atoms with E-state index in [0.29, 0.717) is 41.4 Å². The fourth-order valence-corrected chi connectivity index (χ4v) is 3.69. The Morgan fingerprint density at radius 3 is 3.03 bits per heavy atom. The van der Waals surface area contributed by atoms with Crippen molar-refractivity contribution in [2.24, 2.45) is 7.05 Å². The minimum absolute atomic E-state index is 0.160. The summed E-state index contributed by atoms with van der Waals surface area (Å²) >= 11 is 0. The number of fused-ring (bicyclic) bond motifs is 2. The molecule has 3 aromatic heterocycles. The van der Waals surface area contributed by atoms with Crippen molar-refractivity contribution >= 4 is 11.6 Å². The molecule has 1 aliphatic heterocycles. The Morgan fingerprint density at radius 2 is 2.17 bits per heavy atom. The second-order valence-electron chi connectivity index (χ2n) is 6.76. The summed E-state index contributed by atoms with van der Waals surface area (Å²) in [7, 11) is 1.76. The molecule has 0 atom stereocenters. The number of benzene rings is 1. The van der Waals surface area contributed by atoms with Crippen LogP contribution in [-0.2, 0) is 26.6 Å². The molecule has 4 heterocycles. The summed E-state index contributed by atoms with van der Waals surface area (Å²) in [6.07, 6.45) is 5.53. The summed E-state index contributed by atoms with van der Waals surface area (Å²) in [6.45, 7) is 0.659. The lowest BCUT2D eigenvalue weighted by Crippen LogP contribution is -2.10. The molecule has 1 aliphatic rings. The fourth-order valence-electron chi connectivity index (χ4n) is 3.69. The Labute approximate surface area is 164 Å². The Balaban J connectivity index is 1.51. The van der Waals surface area contributed by atoms with E-state index >= 15 is 0 Å². The van der Waals surface area contributed by atoms with Crippen molar-refractivity contribution in [3.63, 3.8) is 0 Å². The third-order valence-corrected chi connectivity index (χ3v) is 5.20. The van der Waals surface area contributed by atoms with Gasteiger partial charge in [-0.25, -0.2) is 9.37 Å². The quantitative estimate of drug-likeness (QED) is 0.530. The van der Waals surface area contributed by atoms with Gasteiger partial charge in [0.05, 0.1) is 25.1 Å². The van der Waals surface area contributed by atoms with Crippen LogP contribution in [0.3, 0.4) is 0 Å². The zero-order valence-corrected chi connectivity index (χ0v) is 15.6. The normalized spacial score (nSPS) is 12.9. The maximum absolute atomic E-state index is 14.4. The van der Waals surface area contributed by atoms with Gasteiger partial charge in [0.25, 0.3) is 0 Å². The Hall–Kier alpha value is -3.53. The Morgan fingerprint density at radius 1 is 1.28 bits per heavy atom. The number of aromatic nitrogens is 6. The van der Waals surface area contributed by atoms with Gasteiger partial charge in [0.15, 0.2) is 5.65 Å². The molecule has 148 valence electrons. The monoisotopic (exact) mass is 395 g/mol. The lowest BCUT2D eigenvalue weighted by molar-refractivity contribution is 0.271. The van der Waals surface area contributed by atoms with Crippen molar-refractivity contribution < 1.29 is 14.2 Å². The molecule has 0 amide bonds. The van der Waals surface area contributed by atoms with Crippen molar-refractivity contribution in [3.8, 4) is 16.9 Å². The highest BCUT2D eigenvalue weighted by atomic mass is 19.1.